The number of aromatic nitrogens is 3. The minimum absolute atomic E-state index is 0.0174. The first kappa shape index (κ1) is 21.9. The number of piperidine rings is 1. The summed E-state index contributed by atoms with van der Waals surface area (Å²) in [4.78, 5) is 27.6. The Morgan fingerprint density at radius 1 is 1.03 bits per heavy atom. The van der Waals surface area contributed by atoms with Gasteiger partial charge in [-0.2, -0.15) is 4.39 Å². The van der Waals surface area contributed by atoms with E-state index in [1.165, 1.54) is 25.0 Å². The minimum atomic E-state index is -0.908. The Hall–Kier alpha value is -3.60. The lowest BCUT2D eigenvalue weighted by Gasteiger charge is -2.36. The summed E-state index contributed by atoms with van der Waals surface area (Å²) < 4.78 is 31.4. The highest BCUT2D eigenvalue weighted by atomic mass is 19.1. The standard InChI is InChI=1S/C27H25F2N5O/c1-30-23-9-7-18(13-21(23)28)25-32-26(33-12-11-16-3-2-4-19(16)15-33)24(29)27(35)34(25)20-8-10-22(31-14-20)17-5-6-17/h7-10,13-14,16-17,19H,2-6,11-12,15H2. The molecule has 8 heteroatoms. The maximum absolute atomic E-state index is 15.6. The van der Waals surface area contributed by atoms with Gasteiger partial charge in [0.15, 0.2) is 5.82 Å². The van der Waals surface area contributed by atoms with Crippen molar-refractivity contribution in [2.45, 2.75) is 44.4 Å². The lowest BCUT2D eigenvalue weighted by molar-refractivity contribution is 0.320. The monoisotopic (exact) mass is 473 g/mol. The van der Waals surface area contributed by atoms with E-state index in [0.29, 0.717) is 42.1 Å². The van der Waals surface area contributed by atoms with E-state index in [0.717, 1.165) is 35.9 Å². The molecule has 3 fully saturated rings. The van der Waals surface area contributed by atoms with Crippen LogP contribution in [-0.4, -0.2) is 27.6 Å². The molecule has 2 aromatic heterocycles. The average molecular weight is 474 g/mol. The maximum Gasteiger partial charge on any atom is 0.296 e. The van der Waals surface area contributed by atoms with E-state index in [1.807, 2.05) is 11.0 Å². The molecule has 6 rings (SSSR count). The lowest BCUT2D eigenvalue weighted by atomic mass is 9.89. The number of anilines is 1. The number of hydrogen-bond acceptors (Lipinski definition) is 4. The topological polar surface area (TPSA) is 55.4 Å². The van der Waals surface area contributed by atoms with E-state index in [4.69, 9.17) is 6.57 Å². The Balaban J connectivity index is 1.49. The number of rotatable bonds is 4. The van der Waals surface area contributed by atoms with Gasteiger partial charge < -0.3 is 4.90 Å². The molecule has 2 saturated carbocycles. The third-order valence-corrected chi connectivity index (χ3v) is 7.70. The highest BCUT2D eigenvalue weighted by molar-refractivity contribution is 5.65. The second kappa shape index (κ2) is 8.56. The van der Waals surface area contributed by atoms with Crippen molar-refractivity contribution in [3.8, 4) is 17.1 Å². The largest absolute Gasteiger partial charge is 0.354 e. The summed E-state index contributed by atoms with van der Waals surface area (Å²) in [5.41, 5.74) is 0.657. The second-order valence-corrected chi connectivity index (χ2v) is 9.89. The van der Waals surface area contributed by atoms with Gasteiger partial charge in [-0.15, -0.1) is 0 Å². The first-order valence-electron chi connectivity index (χ1n) is 12.2. The van der Waals surface area contributed by atoms with Crippen LogP contribution in [0.4, 0.5) is 20.3 Å². The van der Waals surface area contributed by atoms with Crippen molar-refractivity contribution in [2.24, 2.45) is 11.8 Å². The summed E-state index contributed by atoms with van der Waals surface area (Å²) in [5.74, 6) is 0.102. The lowest BCUT2D eigenvalue weighted by Crippen LogP contribution is -2.41. The summed E-state index contributed by atoms with van der Waals surface area (Å²) in [5, 5.41) is 0. The zero-order valence-corrected chi connectivity index (χ0v) is 19.3. The minimum Gasteiger partial charge on any atom is -0.354 e. The molecule has 2 atom stereocenters. The van der Waals surface area contributed by atoms with Crippen molar-refractivity contribution in [3.05, 3.63) is 75.6 Å². The van der Waals surface area contributed by atoms with Crippen molar-refractivity contribution in [1.82, 2.24) is 14.5 Å². The average Bonchev–Trinajstić information content (AvgIpc) is 3.62. The Morgan fingerprint density at radius 2 is 1.86 bits per heavy atom. The number of nitrogens with zero attached hydrogens (tertiary/aromatic N) is 5. The summed E-state index contributed by atoms with van der Waals surface area (Å²) in [6, 6.07) is 7.67. The Morgan fingerprint density at radius 3 is 2.57 bits per heavy atom. The van der Waals surface area contributed by atoms with Crippen molar-refractivity contribution in [1.29, 1.82) is 0 Å². The highest BCUT2D eigenvalue weighted by Crippen LogP contribution is 2.40. The van der Waals surface area contributed by atoms with Crippen LogP contribution in [0.5, 0.6) is 0 Å². The Kier molecular flexibility index (Phi) is 5.36. The van der Waals surface area contributed by atoms with Gasteiger partial charge in [-0.1, -0.05) is 25.0 Å². The molecule has 0 bridgehead atoms. The molecule has 1 aromatic carbocycles. The number of fused-ring (bicyclic) bond motifs is 1. The van der Waals surface area contributed by atoms with E-state index < -0.39 is 17.2 Å². The van der Waals surface area contributed by atoms with Crippen molar-refractivity contribution >= 4 is 11.5 Å². The zero-order valence-electron chi connectivity index (χ0n) is 19.3. The van der Waals surface area contributed by atoms with Gasteiger partial charge in [0, 0.05) is 30.3 Å². The SMILES string of the molecule is [C-]#[N+]c1ccc(-c2nc(N3CCC4CCCC4C3)c(F)c(=O)n2-c2ccc(C3CC3)nc2)cc1F. The van der Waals surface area contributed by atoms with Crippen LogP contribution in [0.15, 0.2) is 41.3 Å². The van der Waals surface area contributed by atoms with Gasteiger partial charge in [0.05, 0.1) is 18.5 Å². The molecular formula is C27H25F2N5O. The molecule has 0 spiro atoms. The summed E-state index contributed by atoms with van der Waals surface area (Å²) >= 11 is 0. The molecule has 2 unspecified atom stereocenters. The Bertz CT molecular complexity index is 1390. The molecule has 2 aliphatic carbocycles. The molecule has 1 aliphatic heterocycles. The first-order valence-corrected chi connectivity index (χ1v) is 12.2. The summed E-state index contributed by atoms with van der Waals surface area (Å²) in [6.07, 6.45) is 8.17. The van der Waals surface area contributed by atoms with Gasteiger partial charge in [-0.3, -0.25) is 14.3 Å². The number of pyridine rings is 1. The predicted molar refractivity (Wildman–Crippen MR) is 129 cm³/mol. The smallest absolute Gasteiger partial charge is 0.296 e. The van der Waals surface area contributed by atoms with E-state index >= 15 is 4.39 Å². The maximum atomic E-state index is 15.6. The van der Waals surface area contributed by atoms with Crippen LogP contribution >= 0.6 is 0 Å². The normalized spacial score (nSPS) is 21.6. The van der Waals surface area contributed by atoms with E-state index in [1.54, 1.807) is 18.3 Å². The third kappa shape index (κ3) is 3.89. The zero-order chi connectivity index (χ0) is 24.1. The number of hydrogen-bond donors (Lipinski definition) is 0. The van der Waals surface area contributed by atoms with E-state index in [2.05, 4.69) is 14.8 Å². The highest BCUT2D eigenvalue weighted by Gasteiger charge is 2.35. The predicted octanol–water partition coefficient (Wildman–Crippen LogP) is 5.63. The van der Waals surface area contributed by atoms with Crippen molar-refractivity contribution in [3.63, 3.8) is 0 Å². The van der Waals surface area contributed by atoms with Crippen LogP contribution < -0.4 is 10.5 Å². The van der Waals surface area contributed by atoms with Crippen molar-refractivity contribution in [2.75, 3.05) is 18.0 Å². The molecule has 3 heterocycles. The van der Waals surface area contributed by atoms with Crippen molar-refractivity contribution < 1.29 is 8.78 Å². The summed E-state index contributed by atoms with van der Waals surface area (Å²) in [7, 11) is 0. The van der Waals surface area contributed by atoms with Gasteiger partial charge in [0.2, 0.25) is 11.5 Å². The first-order chi connectivity index (χ1) is 17.0. The fourth-order valence-corrected chi connectivity index (χ4v) is 5.64. The van der Waals surface area contributed by atoms with Gasteiger partial charge in [-0.05, 0) is 55.7 Å². The van der Waals surface area contributed by atoms with Crippen LogP contribution in [0.3, 0.4) is 0 Å². The fourth-order valence-electron chi connectivity index (χ4n) is 5.64. The van der Waals surface area contributed by atoms with Crippen LogP contribution in [0.25, 0.3) is 21.9 Å². The van der Waals surface area contributed by atoms with Gasteiger partial charge in [-0.25, -0.2) is 14.2 Å². The molecule has 35 heavy (non-hydrogen) atoms. The number of halogens is 2. The quantitative estimate of drug-likeness (QED) is 0.461. The molecule has 178 valence electrons. The molecule has 3 aromatic rings. The van der Waals surface area contributed by atoms with Crippen LogP contribution in [-0.2, 0) is 0 Å². The van der Waals surface area contributed by atoms with E-state index in [9.17, 15) is 9.18 Å². The molecule has 0 radical (unpaired) electrons. The van der Waals surface area contributed by atoms with Gasteiger partial charge >= 0.3 is 0 Å². The third-order valence-electron chi connectivity index (χ3n) is 7.70. The molecule has 6 nitrogen and oxygen atoms in total. The van der Waals surface area contributed by atoms with Crippen LogP contribution in [0, 0.1) is 30.0 Å². The molecule has 1 saturated heterocycles. The van der Waals surface area contributed by atoms with E-state index in [-0.39, 0.29) is 17.3 Å². The summed E-state index contributed by atoms with van der Waals surface area (Å²) in [6.45, 7) is 8.44. The van der Waals surface area contributed by atoms with Crippen LogP contribution in [0.2, 0.25) is 0 Å². The molecule has 0 N–H and O–H groups in total. The fraction of sp³-hybridized carbons (Fsp3) is 0.407. The van der Waals surface area contributed by atoms with Crippen LogP contribution in [0.1, 0.15) is 50.1 Å². The molecule has 0 amide bonds. The van der Waals surface area contributed by atoms with Gasteiger partial charge in [0.25, 0.3) is 5.56 Å². The Labute approximate surface area is 202 Å². The molecular weight excluding hydrogens is 448 g/mol. The second-order valence-electron chi connectivity index (χ2n) is 9.89. The number of benzene rings is 1. The molecule has 3 aliphatic rings. The van der Waals surface area contributed by atoms with Gasteiger partial charge in [0.1, 0.15) is 11.6 Å².